The van der Waals surface area contributed by atoms with Crippen molar-refractivity contribution in [1.29, 1.82) is 0 Å². The van der Waals surface area contributed by atoms with E-state index in [2.05, 4.69) is 48.7 Å². The molecule has 0 radical (unpaired) electrons. The fourth-order valence-corrected chi connectivity index (χ4v) is 2.87. The quantitative estimate of drug-likeness (QED) is 0.507. The van der Waals surface area contributed by atoms with Gasteiger partial charge in [-0.15, -0.1) is 0 Å². The highest BCUT2D eigenvalue weighted by Crippen LogP contribution is 2.36. The lowest BCUT2D eigenvalue weighted by Gasteiger charge is -2.07. The van der Waals surface area contributed by atoms with Gasteiger partial charge >= 0.3 is 5.97 Å². The molecule has 0 saturated heterocycles. The SMILES string of the molecule is COC(=O)/C=C/c1cc(Br)c(-c2cc(C)c(Br)cc2C)o1. The van der Waals surface area contributed by atoms with E-state index in [1.807, 2.05) is 19.9 Å². The topological polar surface area (TPSA) is 39.4 Å². The Hall–Kier alpha value is -1.33. The second kappa shape index (κ2) is 6.62. The Labute approximate surface area is 140 Å². The molecule has 2 rings (SSSR count). The van der Waals surface area contributed by atoms with Gasteiger partial charge in [0, 0.05) is 16.1 Å². The number of benzene rings is 1. The average Bonchev–Trinajstić information content (AvgIpc) is 2.81. The van der Waals surface area contributed by atoms with Crippen molar-refractivity contribution in [3.63, 3.8) is 0 Å². The molecule has 0 aliphatic rings. The van der Waals surface area contributed by atoms with Gasteiger partial charge in [0.1, 0.15) is 11.5 Å². The fourth-order valence-electron chi connectivity index (χ4n) is 1.90. The Morgan fingerprint density at radius 2 is 1.86 bits per heavy atom. The maximum absolute atomic E-state index is 11.1. The molecule has 0 aliphatic carbocycles. The van der Waals surface area contributed by atoms with Crippen molar-refractivity contribution in [3.05, 3.63) is 50.1 Å². The predicted molar refractivity (Wildman–Crippen MR) is 90.1 cm³/mol. The summed E-state index contributed by atoms with van der Waals surface area (Å²) < 4.78 is 12.3. The summed E-state index contributed by atoms with van der Waals surface area (Å²) in [5, 5.41) is 0. The Morgan fingerprint density at radius 1 is 1.14 bits per heavy atom. The van der Waals surface area contributed by atoms with Gasteiger partial charge in [0.25, 0.3) is 0 Å². The van der Waals surface area contributed by atoms with Crippen LogP contribution in [0, 0.1) is 13.8 Å². The first kappa shape index (κ1) is 16.0. The molecule has 0 N–H and O–H groups in total. The molecular weight excluding hydrogens is 400 g/mol. The third-order valence-electron chi connectivity index (χ3n) is 3.04. The van der Waals surface area contributed by atoms with Gasteiger partial charge in [0.15, 0.2) is 0 Å². The van der Waals surface area contributed by atoms with Crippen molar-refractivity contribution in [1.82, 2.24) is 0 Å². The molecule has 110 valence electrons. The van der Waals surface area contributed by atoms with Crippen molar-refractivity contribution >= 4 is 43.9 Å². The maximum Gasteiger partial charge on any atom is 0.330 e. The van der Waals surface area contributed by atoms with E-state index >= 15 is 0 Å². The Bertz CT molecular complexity index is 715. The molecule has 1 aromatic heterocycles. The van der Waals surface area contributed by atoms with Crippen molar-refractivity contribution in [3.8, 4) is 11.3 Å². The zero-order valence-corrected chi connectivity index (χ0v) is 15.0. The van der Waals surface area contributed by atoms with Gasteiger partial charge in [-0.1, -0.05) is 15.9 Å². The highest BCUT2D eigenvalue weighted by molar-refractivity contribution is 9.10. The number of hydrogen-bond donors (Lipinski definition) is 0. The summed E-state index contributed by atoms with van der Waals surface area (Å²) in [7, 11) is 1.34. The Morgan fingerprint density at radius 3 is 2.52 bits per heavy atom. The smallest absolute Gasteiger partial charge is 0.330 e. The second-order valence-electron chi connectivity index (χ2n) is 4.60. The standard InChI is InChI=1S/C16H14Br2O3/c1-9-7-13(17)10(2)6-12(9)16-14(18)8-11(21-16)4-5-15(19)20-3/h4-8H,1-3H3/b5-4+. The lowest BCUT2D eigenvalue weighted by Crippen LogP contribution is -1.92. The van der Waals surface area contributed by atoms with Crippen molar-refractivity contribution in [2.45, 2.75) is 13.8 Å². The number of methoxy groups -OCH3 is 1. The zero-order valence-electron chi connectivity index (χ0n) is 11.9. The molecule has 0 atom stereocenters. The number of halogens is 2. The summed E-state index contributed by atoms with van der Waals surface area (Å²) in [5.41, 5.74) is 3.25. The molecule has 0 unspecified atom stereocenters. The van der Waals surface area contributed by atoms with Gasteiger partial charge < -0.3 is 9.15 Å². The number of rotatable bonds is 3. The molecule has 0 aliphatic heterocycles. The van der Waals surface area contributed by atoms with Crippen LogP contribution in [0.4, 0.5) is 0 Å². The van der Waals surface area contributed by atoms with Crippen LogP contribution in [0.5, 0.6) is 0 Å². The van der Waals surface area contributed by atoms with Crippen LogP contribution in [-0.2, 0) is 9.53 Å². The number of carbonyl (C=O) groups is 1. The summed E-state index contributed by atoms with van der Waals surface area (Å²) in [6.45, 7) is 4.06. The molecule has 1 heterocycles. The average molecular weight is 414 g/mol. The van der Waals surface area contributed by atoms with E-state index in [1.165, 1.54) is 13.2 Å². The first-order valence-electron chi connectivity index (χ1n) is 6.25. The van der Waals surface area contributed by atoms with Gasteiger partial charge in [-0.3, -0.25) is 0 Å². The van der Waals surface area contributed by atoms with Gasteiger partial charge in [-0.25, -0.2) is 4.79 Å². The predicted octanol–water partition coefficient (Wildman–Crippen LogP) is 5.27. The molecule has 0 fully saturated rings. The van der Waals surface area contributed by atoms with Gasteiger partial charge in [-0.05, 0) is 65.2 Å². The molecule has 21 heavy (non-hydrogen) atoms. The van der Waals surface area contributed by atoms with Crippen LogP contribution < -0.4 is 0 Å². The molecule has 0 bridgehead atoms. The van der Waals surface area contributed by atoms with Crippen LogP contribution in [0.25, 0.3) is 17.4 Å². The number of ether oxygens (including phenoxy) is 1. The lowest BCUT2D eigenvalue weighted by molar-refractivity contribution is -0.134. The summed E-state index contributed by atoms with van der Waals surface area (Å²) in [6, 6.07) is 5.95. The van der Waals surface area contributed by atoms with Gasteiger partial charge in [-0.2, -0.15) is 0 Å². The summed E-state index contributed by atoms with van der Waals surface area (Å²) in [5.74, 6) is 0.912. The lowest BCUT2D eigenvalue weighted by atomic mass is 10.0. The van der Waals surface area contributed by atoms with E-state index in [-0.39, 0.29) is 0 Å². The Balaban J connectivity index is 2.42. The molecule has 1 aromatic carbocycles. The van der Waals surface area contributed by atoms with Crippen LogP contribution >= 0.6 is 31.9 Å². The summed E-state index contributed by atoms with van der Waals surface area (Å²) in [4.78, 5) is 11.1. The van der Waals surface area contributed by atoms with E-state index < -0.39 is 5.97 Å². The monoisotopic (exact) mass is 412 g/mol. The number of hydrogen-bond acceptors (Lipinski definition) is 3. The van der Waals surface area contributed by atoms with Crippen molar-refractivity contribution < 1.29 is 13.9 Å². The van der Waals surface area contributed by atoms with E-state index in [4.69, 9.17) is 4.42 Å². The maximum atomic E-state index is 11.1. The normalized spacial score (nSPS) is 11.1. The highest BCUT2D eigenvalue weighted by atomic mass is 79.9. The minimum absolute atomic E-state index is 0.417. The van der Waals surface area contributed by atoms with Gasteiger partial charge in [0.05, 0.1) is 11.6 Å². The van der Waals surface area contributed by atoms with Gasteiger partial charge in [0.2, 0.25) is 0 Å². The van der Waals surface area contributed by atoms with Crippen LogP contribution in [0.2, 0.25) is 0 Å². The van der Waals surface area contributed by atoms with Crippen LogP contribution in [0.3, 0.4) is 0 Å². The third-order valence-corrected chi connectivity index (χ3v) is 4.48. The molecular formula is C16H14Br2O3. The van der Waals surface area contributed by atoms with E-state index in [0.29, 0.717) is 5.76 Å². The molecule has 5 heteroatoms. The van der Waals surface area contributed by atoms with Crippen LogP contribution in [0.1, 0.15) is 16.9 Å². The number of furan rings is 1. The van der Waals surface area contributed by atoms with Crippen LogP contribution in [0.15, 0.2) is 37.6 Å². The molecule has 0 amide bonds. The van der Waals surface area contributed by atoms with E-state index in [1.54, 1.807) is 6.08 Å². The first-order chi connectivity index (χ1) is 9.92. The number of aryl methyl sites for hydroxylation is 2. The summed E-state index contributed by atoms with van der Waals surface area (Å²) in [6.07, 6.45) is 2.91. The fraction of sp³-hybridized carbons (Fsp3) is 0.188. The number of carbonyl (C=O) groups excluding carboxylic acids is 1. The first-order valence-corrected chi connectivity index (χ1v) is 7.83. The summed E-state index contributed by atoms with van der Waals surface area (Å²) >= 11 is 7.02. The molecule has 0 spiro atoms. The molecule has 0 saturated carbocycles. The Kier molecular flexibility index (Phi) is 5.06. The molecule has 2 aromatic rings. The minimum Gasteiger partial charge on any atom is -0.466 e. The van der Waals surface area contributed by atoms with Crippen molar-refractivity contribution in [2.75, 3.05) is 7.11 Å². The van der Waals surface area contributed by atoms with Crippen LogP contribution in [-0.4, -0.2) is 13.1 Å². The highest BCUT2D eigenvalue weighted by Gasteiger charge is 2.14. The van der Waals surface area contributed by atoms with E-state index in [0.717, 1.165) is 31.4 Å². The zero-order chi connectivity index (χ0) is 15.6. The van der Waals surface area contributed by atoms with Crippen molar-refractivity contribution in [2.24, 2.45) is 0 Å². The second-order valence-corrected chi connectivity index (χ2v) is 6.31. The third kappa shape index (κ3) is 3.66. The van der Waals surface area contributed by atoms with E-state index in [9.17, 15) is 4.79 Å². The largest absolute Gasteiger partial charge is 0.466 e. The number of esters is 1. The minimum atomic E-state index is -0.417. The molecule has 3 nitrogen and oxygen atoms in total.